The Balaban J connectivity index is 2.76. The van der Waals surface area contributed by atoms with E-state index in [-0.39, 0.29) is 5.41 Å². The fourth-order valence-corrected chi connectivity index (χ4v) is 2.09. The number of furan rings is 1. The lowest BCUT2D eigenvalue weighted by atomic mass is 9.82. The molecule has 5 heteroatoms. The molecule has 0 radical (unpaired) electrons. The van der Waals surface area contributed by atoms with Crippen molar-refractivity contribution >= 4 is 6.09 Å². The molecule has 0 aliphatic rings. The number of carbonyl (C=O) groups excluding carboxylic acids is 1. The minimum Gasteiger partial charge on any atom is -0.466 e. The van der Waals surface area contributed by atoms with E-state index in [1.807, 2.05) is 47.6 Å². The molecule has 0 bridgehead atoms. The van der Waals surface area contributed by atoms with Gasteiger partial charge in [-0.2, -0.15) is 0 Å². The van der Waals surface area contributed by atoms with Crippen molar-refractivity contribution < 1.29 is 13.9 Å². The monoisotopic (exact) mass is 282 g/mol. The molecular weight excluding hydrogens is 256 g/mol. The van der Waals surface area contributed by atoms with Crippen LogP contribution in [0.2, 0.25) is 0 Å². The minimum absolute atomic E-state index is 0.376. The standard InChI is InChI=1S/C15H26N2O3/c1-10-7-12(11(2)19-10)15(6,8-16)9-17-13(18)20-14(3,4)5/h7H,8-9,16H2,1-6H3,(H,17,18). The smallest absolute Gasteiger partial charge is 0.407 e. The first-order valence-electron chi connectivity index (χ1n) is 6.82. The Hall–Kier alpha value is -1.49. The third-order valence-electron chi connectivity index (χ3n) is 3.16. The summed E-state index contributed by atoms with van der Waals surface area (Å²) >= 11 is 0. The summed E-state index contributed by atoms with van der Waals surface area (Å²) in [7, 11) is 0. The molecule has 1 atom stereocenters. The van der Waals surface area contributed by atoms with Crippen molar-refractivity contribution in [3.8, 4) is 0 Å². The van der Waals surface area contributed by atoms with Crippen LogP contribution in [0.25, 0.3) is 0 Å². The Labute approximate surface area is 120 Å². The van der Waals surface area contributed by atoms with E-state index < -0.39 is 11.7 Å². The number of hydrogen-bond acceptors (Lipinski definition) is 4. The van der Waals surface area contributed by atoms with Crippen LogP contribution in [-0.4, -0.2) is 24.8 Å². The van der Waals surface area contributed by atoms with Crippen LogP contribution in [0.4, 0.5) is 4.79 Å². The van der Waals surface area contributed by atoms with E-state index >= 15 is 0 Å². The van der Waals surface area contributed by atoms with Gasteiger partial charge >= 0.3 is 6.09 Å². The summed E-state index contributed by atoms with van der Waals surface area (Å²) in [6, 6.07) is 1.97. The fraction of sp³-hybridized carbons (Fsp3) is 0.667. The Morgan fingerprint density at radius 3 is 2.35 bits per heavy atom. The van der Waals surface area contributed by atoms with Gasteiger partial charge in [0.25, 0.3) is 0 Å². The lowest BCUT2D eigenvalue weighted by molar-refractivity contribution is 0.0516. The van der Waals surface area contributed by atoms with Crippen LogP contribution < -0.4 is 11.1 Å². The molecule has 1 heterocycles. The summed E-state index contributed by atoms with van der Waals surface area (Å²) in [5.41, 5.74) is 6.03. The third-order valence-corrected chi connectivity index (χ3v) is 3.16. The van der Waals surface area contributed by atoms with Gasteiger partial charge in [0.2, 0.25) is 0 Å². The highest BCUT2D eigenvalue weighted by Crippen LogP contribution is 2.28. The maximum Gasteiger partial charge on any atom is 0.407 e. The highest BCUT2D eigenvalue weighted by molar-refractivity contribution is 5.67. The largest absolute Gasteiger partial charge is 0.466 e. The average Bonchev–Trinajstić information content (AvgIpc) is 2.64. The Bertz CT molecular complexity index is 474. The van der Waals surface area contributed by atoms with E-state index in [0.717, 1.165) is 17.1 Å². The van der Waals surface area contributed by atoms with Crippen molar-refractivity contribution in [1.29, 1.82) is 0 Å². The molecule has 1 amide bonds. The SMILES string of the molecule is Cc1cc(C(C)(CN)CNC(=O)OC(C)(C)C)c(C)o1. The first kappa shape index (κ1) is 16.6. The molecule has 1 rings (SSSR count). The molecule has 114 valence electrons. The average molecular weight is 282 g/mol. The Morgan fingerprint density at radius 2 is 1.95 bits per heavy atom. The molecule has 3 N–H and O–H groups in total. The Kier molecular flexibility index (Phi) is 4.86. The van der Waals surface area contributed by atoms with Gasteiger partial charge in [0.15, 0.2) is 0 Å². The van der Waals surface area contributed by atoms with Crippen LogP contribution in [0, 0.1) is 13.8 Å². The molecule has 5 nitrogen and oxygen atoms in total. The lowest BCUT2D eigenvalue weighted by Gasteiger charge is -2.29. The summed E-state index contributed by atoms with van der Waals surface area (Å²) < 4.78 is 10.8. The minimum atomic E-state index is -0.509. The van der Waals surface area contributed by atoms with Gasteiger partial charge in [-0.3, -0.25) is 0 Å². The fourth-order valence-electron chi connectivity index (χ4n) is 2.09. The second-order valence-electron chi connectivity index (χ2n) is 6.45. The van der Waals surface area contributed by atoms with E-state index in [0.29, 0.717) is 13.1 Å². The van der Waals surface area contributed by atoms with Gasteiger partial charge in [0.05, 0.1) is 0 Å². The van der Waals surface area contributed by atoms with Gasteiger partial charge in [-0.05, 0) is 40.7 Å². The van der Waals surface area contributed by atoms with Crippen molar-refractivity contribution in [1.82, 2.24) is 5.32 Å². The van der Waals surface area contributed by atoms with E-state index in [2.05, 4.69) is 5.32 Å². The summed E-state index contributed by atoms with van der Waals surface area (Å²) in [5, 5.41) is 2.78. The molecule has 0 aliphatic heterocycles. The zero-order valence-corrected chi connectivity index (χ0v) is 13.3. The zero-order chi connectivity index (χ0) is 15.6. The second kappa shape index (κ2) is 5.87. The number of alkyl carbamates (subject to hydrolysis) is 1. The molecule has 0 aromatic carbocycles. The highest BCUT2D eigenvalue weighted by atomic mass is 16.6. The van der Waals surface area contributed by atoms with Gasteiger partial charge in [-0.1, -0.05) is 6.92 Å². The Morgan fingerprint density at radius 1 is 1.35 bits per heavy atom. The van der Waals surface area contributed by atoms with Gasteiger partial charge in [0, 0.05) is 24.1 Å². The van der Waals surface area contributed by atoms with Gasteiger partial charge in [-0.25, -0.2) is 4.79 Å². The first-order chi connectivity index (χ1) is 9.07. The van der Waals surface area contributed by atoms with Crippen LogP contribution >= 0.6 is 0 Å². The number of hydrogen-bond donors (Lipinski definition) is 2. The predicted octanol–water partition coefficient (Wildman–Crippen LogP) is 2.64. The molecule has 20 heavy (non-hydrogen) atoms. The van der Waals surface area contributed by atoms with Crippen LogP contribution in [0.1, 0.15) is 44.8 Å². The number of nitrogens with two attached hydrogens (primary N) is 1. The molecule has 0 saturated heterocycles. The van der Waals surface area contributed by atoms with Gasteiger partial charge < -0.3 is 20.2 Å². The third kappa shape index (κ3) is 4.27. The molecule has 0 aliphatic carbocycles. The van der Waals surface area contributed by atoms with E-state index in [9.17, 15) is 4.79 Å². The molecule has 1 aromatic rings. The van der Waals surface area contributed by atoms with Crippen molar-refractivity contribution in [3.63, 3.8) is 0 Å². The van der Waals surface area contributed by atoms with Crippen LogP contribution in [-0.2, 0) is 10.2 Å². The number of amides is 1. The normalized spacial score (nSPS) is 14.8. The summed E-state index contributed by atoms with van der Waals surface area (Å²) in [5.74, 6) is 1.68. The maximum absolute atomic E-state index is 11.7. The topological polar surface area (TPSA) is 77.5 Å². The number of carbonyl (C=O) groups is 1. The van der Waals surface area contributed by atoms with E-state index in [4.69, 9.17) is 14.9 Å². The van der Waals surface area contributed by atoms with Gasteiger partial charge in [-0.15, -0.1) is 0 Å². The number of nitrogens with one attached hydrogen (secondary N) is 1. The van der Waals surface area contributed by atoms with Crippen LogP contribution in [0.3, 0.4) is 0 Å². The van der Waals surface area contributed by atoms with Crippen LogP contribution in [0.5, 0.6) is 0 Å². The van der Waals surface area contributed by atoms with Crippen LogP contribution in [0.15, 0.2) is 10.5 Å². The van der Waals surface area contributed by atoms with Crippen molar-refractivity contribution in [3.05, 3.63) is 23.2 Å². The summed E-state index contributed by atoms with van der Waals surface area (Å²) in [4.78, 5) is 11.7. The van der Waals surface area contributed by atoms with E-state index in [1.165, 1.54) is 0 Å². The van der Waals surface area contributed by atoms with Crippen molar-refractivity contribution in [2.45, 2.75) is 52.6 Å². The summed E-state index contributed by atoms with van der Waals surface area (Å²) in [6.07, 6.45) is -0.435. The first-order valence-corrected chi connectivity index (χ1v) is 6.82. The molecule has 0 saturated carbocycles. The molecule has 1 aromatic heterocycles. The molecule has 1 unspecified atom stereocenters. The number of aryl methyl sites for hydroxylation is 2. The maximum atomic E-state index is 11.7. The molecule has 0 spiro atoms. The van der Waals surface area contributed by atoms with Gasteiger partial charge in [0.1, 0.15) is 17.1 Å². The van der Waals surface area contributed by atoms with E-state index in [1.54, 1.807) is 0 Å². The molecular formula is C15H26N2O3. The predicted molar refractivity (Wildman–Crippen MR) is 78.8 cm³/mol. The number of rotatable bonds is 4. The zero-order valence-electron chi connectivity index (χ0n) is 13.3. The number of ether oxygens (including phenoxy) is 1. The highest BCUT2D eigenvalue weighted by Gasteiger charge is 2.30. The molecule has 0 fully saturated rings. The van der Waals surface area contributed by atoms with Crippen molar-refractivity contribution in [2.24, 2.45) is 5.73 Å². The lowest BCUT2D eigenvalue weighted by Crippen LogP contribution is -2.45. The van der Waals surface area contributed by atoms with Crippen molar-refractivity contribution in [2.75, 3.05) is 13.1 Å². The summed E-state index contributed by atoms with van der Waals surface area (Å²) in [6.45, 7) is 12.1. The second-order valence-corrected chi connectivity index (χ2v) is 6.45. The quantitative estimate of drug-likeness (QED) is 0.890.